The Hall–Kier alpha value is -1.14. The predicted octanol–water partition coefficient (Wildman–Crippen LogP) is -1.92. The molecule has 0 heterocycles. The summed E-state index contributed by atoms with van der Waals surface area (Å²) in [6, 6.07) is 0. The molecular formula is C4H8N2O4. The lowest BCUT2D eigenvalue weighted by Gasteiger charge is -1.98. The van der Waals surface area contributed by atoms with Gasteiger partial charge in [0, 0.05) is 0 Å². The minimum absolute atomic E-state index is 0.326. The summed E-state index contributed by atoms with van der Waals surface area (Å²) in [6.45, 7) is -0.741. The van der Waals surface area contributed by atoms with Crippen LogP contribution in [0.3, 0.4) is 0 Å². The molecule has 0 saturated heterocycles. The average Bonchev–Trinajstić information content (AvgIpc) is 1.85. The quantitative estimate of drug-likeness (QED) is 0.403. The second-order valence-electron chi connectivity index (χ2n) is 1.48. The number of nitrogens with two attached hydrogens (primary N) is 1. The van der Waals surface area contributed by atoms with Gasteiger partial charge in [0.2, 0.25) is 5.91 Å². The van der Waals surface area contributed by atoms with Crippen LogP contribution in [-0.4, -0.2) is 30.1 Å². The molecule has 0 atom stereocenters. The Morgan fingerprint density at radius 1 is 1.60 bits per heavy atom. The van der Waals surface area contributed by atoms with Crippen LogP contribution in [-0.2, 0) is 14.4 Å². The molecular weight excluding hydrogens is 140 g/mol. The average molecular weight is 148 g/mol. The van der Waals surface area contributed by atoms with Crippen LogP contribution in [0.25, 0.3) is 0 Å². The highest BCUT2D eigenvalue weighted by molar-refractivity contribution is 5.81. The molecule has 1 amide bonds. The molecule has 0 aliphatic heterocycles. The molecule has 0 aliphatic carbocycles. The van der Waals surface area contributed by atoms with Crippen molar-refractivity contribution in [3.63, 3.8) is 0 Å². The van der Waals surface area contributed by atoms with Crippen molar-refractivity contribution < 1.29 is 19.5 Å². The van der Waals surface area contributed by atoms with Crippen molar-refractivity contribution >= 4 is 11.9 Å². The van der Waals surface area contributed by atoms with E-state index in [1.54, 1.807) is 0 Å². The van der Waals surface area contributed by atoms with E-state index in [-0.39, 0.29) is 6.61 Å². The van der Waals surface area contributed by atoms with Gasteiger partial charge in [-0.1, -0.05) is 0 Å². The predicted molar refractivity (Wildman–Crippen MR) is 30.8 cm³/mol. The van der Waals surface area contributed by atoms with Crippen LogP contribution in [0, 0.1) is 0 Å². The number of hydrogen-bond acceptors (Lipinski definition) is 4. The van der Waals surface area contributed by atoms with E-state index in [1.807, 2.05) is 5.32 Å². The molecule has 6 nitrogen and oxygen atoms in total. The van der Waals surface area contributed by atoms with Gasteiger partial charge in [-0.05, 0) is 0 Å². The zero-order valence-corrected chi connectivity index (χ0v) is 5.16. The number of carboxylic acids is 1. The maximum absolute atomic E-state index is 10.4. The van der Waals surface area contributed by atoms with E-state index >= 15 is 0 Å². The number of carbonyl (C=O) groups is 2. The molecule has 0 unspecified atom stereocenters. The molecule has 0 aromatic heterocycles. The summed E-state index contributed by atoms with van der Waals surface area (Å²) in [6.07, 6.45) is 0. The van der Waals surface area contributed by atoms with Crippen molar-refractivity contribution in [2.24, 2.45) is 5.90 Å². The van der Waals surface area contributed by atoms with E-state index in [0.29, 0.717) is 0 Å². The van der Waals surface area contributed by atoms with E-state index < -0.39 is 18.4 Å². The lowest BCUT2D eigenvalue weighted by Crippen LogP contribution is -2.32. The highest BCUT2D eigenvalue weighted by atomic mass is 16.6. The summed E-state index contributed by atoms with van der Waals surface area (Å²) in [4.78, 5) is 24.1. The van der Waals surface area contributed by atoms with Gasteiger partial charge in [0.15, 0.2) is 0 Å². The van der Waals surface area contributed by atoms with Gasteiger partial charge in [0.25, 0.3) is 0 Å². The molecule has 58 valence electrons. The number of carboxylic acid groups (broad SMARTS) is 1. The molecule has 0 spiro atoms. The monoisotopic (exact) mass is 148 g/mol. The van der Waals surface area contributed by atoms with Gasteiger partial charge in [-0.25, -0.2) is 5.90 Å². The highest BCUT2D eigenvalue weighted by Crippen LogP contribution is 1.66. The van der Waals surface area contributed by atoms with Gasteiger partial charge in [-0.15, -0.1) is 0 Å². The number of aliphatic carboxylic acids is 1. The molecule has 0 saturated carbocycles. The standard InChI is InChI=1S/C4H8N2O4/c5-10-2-3(7)6-1-4(8)9/h1-2,5H2,(H,6,7)(H,8,9). The van der Waals surface area contributed by atoms with E-state index in [2.05, 4.69) is 10.7 Å². The maximum atomic E-state index is 10.4. The van der Waals surface area contributed by atoms with Gasteiger partial charge in [-0.3, -0.25) is 14.4 Å². The summed E-state index contributed by atoms with van der Waals surface area (Å²) in [5.41, 5.74) is 0. The van der Waals surface area contributed by atoms with Crippen LogP contribution in [0.15, 0.2) is 0 Å². The first kappa shape index (κ1) is 8.86. The number of nitrogens with one attached hydrogen (secondary N) is 1. The molecule has 10 heavy (non-hydrogen) atoms. The van der Waals surface area contributed by atoms with Crippen molar-refractivity contribution in [2.45, 2.75) is 0 Å². The van der Waals surface area contributed by atoms with E-state index in [4.69, 9.17) is 5.11 Å². The number of amides is 1. The van der Waals surface area contributed by atoms with Crippen molar-refractivity contribution in [1.29, 1.82) is 0 Å². The fourth-order valence-corrected chi connectivity index (χ4v) is 0.301. The van der Waals surface area contributed by atoms with Crippen molar-refractivity contribution in [2.75, 3.05) is 13.2 Å². The summed E-state index contributed by atoms with van der Waals surface area (Å²) < 4.78 is 0. The number of rotatable bonds is 4. The van der Waals surface area contributed by atoms with Crippen molar-refractivity contribution in [1.82, 2.24) is 5.32 Å². The minimum Gasteiger partial charge on any atom is -0.480 e. The van der Waals surface area contributed by atoms with E-state index in [1.165, 1.54) is 0 Å². The second kappa shape index (κ2) is 4.71. The Labute approximate surface area is 56.9 Å². The third-order valence-electron chi connectivity index (χ3n) is 0.651. The maximum Gasteiger partial charge on any atom is 0.322 e. The van der Waals surface area contributed by atoms with E-state index in [0.717, 1.165) is 0 Å². The molecule has 4 N–H and O–H groups in total. The first-order valence-corrected chi connectivity index (χ1v) is 2.47. The minimum atomic E-state index is -1.11. The zero-order valence-electron chi connectivity index (χ0n) is 5.16. The van der Waals surface area contributed by atoms with E-state index in [9.17, 15) is 9.59 Å². The fourth-order valence-electron chi connectivity index (χ4n) is 0.301. The van der Waals surface area contributed by atoms with Gasteiger partial charge < -0.3 is 10.4 Å². The molecule has 0 aliphatic rings. The molecule has 0 radical (unpaired) electrons. The smallest absolute Gasteiger partial charge is 0.322 e. The number of hydrogen-bond donors (Lipinski definition) is 3. The van der Waals surface area contributed by atoms with Gasteiger partial charge >= 0.3 is 5.97 Å². The van der Waals surface area contributed by atoms with Crippen LogP contribution in [0.2, 0.25) is 0 Å². The summed E-state index contributed by atoms with van der Waals surface area (Å²) in [5, 5.41) is 10.1. The third kappa shape index (κ3) is 5.01. The van der Waals surface area contributed by atoms with Crippen LogP contribution in [0.1, 0.15) is 0 Å². The normalized spacial score (nSPS) is 8.90. The van der Waals surface area contributed by atoms with Gasteiger partial charge in [0.1, 0.15) is 13.2 Å². The highest BCUT2D eigenvalue weighted by Gasteiger charge is 2.01. The first-order chi connectivity index (χ1) is 4.66. The van der Waals surface area contributed by atoms with Crippen LogP contribution in [0.4, 0.5) is 0 Å². The lowest BCUT2D eigenvalue weighted by molar-refractivity contribution is -0.138. The molecule has 0 bridgehead atoms. The molecule has 0 aromatic rings. The lowest BCUT2D eigenvalue weighted by atomic mass is 10.6. The Morgan fingerprint density at radius 2 is 2.20 bits per heavy atom. The molecule has 0 fully saturated rings. The van der Waals surface area contributed by atoms with Crippen LogP contribution < -0.4 is 11.2 Å². The van der Waals surface area contributed by atoms with Crippen molar-refractivity contribution in [3.8, 4) is 0 Å². The molecule has 0 aromatic carbocycles. The zero-order chi connectivity index (χ0) is 7.98. The Bertz CT molecular complexity index is 135. The Kier molecular flexibility index (Phi) is 4.17. The van der Waals surface area contributed by atoms with Crippen molar-refractivity contribution in [3.05, 3.63) is 0 Å². The summed E-state index contributed by atoms with van der Waals surface area (Å²) >= 11 is 0. The number of carbonyl (C=O) groups excluding carboxylic acids is 1. The SMILES string of the molecule is NOCC(=O)NCC(=O)O. The second-order valence-corrected chi connectivity index (χ2v) is 1.48. The summed E-state index contributed by atoms with van der Waals surface area (Å²) in [5.74, 6) is 2.87. The third-order valence-corrected chi connectivity index (χ3v) is 0.651. The van der Waals surface area contributed by atoms with Crippen LogP contribution in [0.5, 0.6) is 0 Å². The fraction of sp³-hybridized carbons (Fsp3) is 0.500. The Morgan fingerprint density at radius 3 is 2.60 bits per heavy atom. The molecule has 0 rings (SSSR count). The topological polar surface area (TPSA) is 102 Å². The Balaban J connectivity index is 3.30. The van der Waals surface area contributed by atoms with Gasteiger partial charge in [-0.2, -0.15) is 0 Å². The first-order valence-electron chi connectivity index (χ1n) is 2.47. The molecule has 6 heteroatoms. The largest absolute Gasteiger partial charge is 0.480 e. The van der Waals surface area contributed by atoms with Crippen LogP contribution >= 0.6 is 0 Å². The van der Waals surface area contributed by atoms with Gasteiger partial charge in [0.05, 0.1) is 0 Å². The summed E-state index contributed by atoms with van der Waals surface area (Å²) in [7, 11) is 0.